The third-order valence-corrected chi connectivity index (χ3v) is 3.92. The summed E-state index contributed by atoms with van der Waals surface area (Å²) < 4.78 is 0.779. The Hall–Kier alpha value is -1.14. The van der Waals surface area contributed by atoms with E-state index in [9.17, 15) is 10.1 Å². The molecule has 1 rings (SSSR count). The number of nitrogens with zero attached hydrogens (tertiary/aromatic N) is 2. The number of hydrogen-bond donors (Lipinski definition) is 0. The van der Waals surface area contributed by atoms with E-state index in [1.165, 1.54) is 11.8 Å². The highest BCUT2D eigenvalue weighted by molar-refractivity contribution is 8.22. The lowest BCUT2D eigenvalue weighted by Gasteiger charge is -2.13. The van der Waals surface area contributed by atoms with Gasteiger partial charge in [-0.1, -0.05) is 48.2 Å². The van der Waals surface area contributed by atoms with Gasteiger partial charge in [0.2, 0.25) is 6.54 Å². The van der Waals surface area contributed by atoms with Gasteiger partial charge < -0.3 is 4.90 Å². The summed E-state index contributed by atoms with van der Waals surface area (Å²) in [5, 5.41) is 10.5. The predicted molar refractivity (Wildman–Crippen MR) is 74.7 cm³/mol. The Labute approximate surface area is 110 Å². The maximum Gasteiger partial charge on any atom is 0.229 e. The van der Waals surface area contributed by atoms with Crippen molar-refractivity contribution in [1.29, 1.82) is 0 Å². The van der Waals surface area contributed by atoms with E-state index in [-0.39, 0.29) is 11.5 Å². The molecule has 0 bridgehead atoms. The first-order valence-corrected chi connectivity index (χ1v) is 6.42. The van der Waals surface area contributed by atoms with E-state index in [4.69, 9.17) is 12.2 Å². The SMILES string of the molecule is CN(C)C(=S)SCc1ccccc1C[N+](=O)[O-]. The molecule has 0 unspecified atom stereocenters. The van der Waals surface area contributed by atoms with Crippen LogP contribution in [0, 0.1) is 10.1 Å². The van der Waals surface area contributed by atoms with E-state index in [2.05, 4.69) is 0 Å². The molecule has 0 aliphatic carbocycles. The van der Waals surface area contributed by atoms with Crippen molar-refractivity contribution in [2.45, 2.75) is 12.3 Å². The van der Waals surface area contributed by atoms with Crippen LogP contribution in [0.3, 0.4) is 0 Å². The quantitative estimate of drug-likeness (QED) is 0.478. The molecule has 0 saturated carbocycles. The van der Waals surface area contributed by atoms with Crippen LogP contribution in [0.4, 0.5) is 0 Å². The van der Waals surface area contributed by atoms with Gasteiger partial charge in [0.25, 0.3) is 0 Å². The molecule has 92 valence electrons. The molecule has 4 nitrogen and oxygen atoms in total. The fourth-order valence-electron chi connectivity index (χ4n) is 1.26. The maximum atomic E-state index is 10.5. The van der Waals surface area contributed by atoms with Crippen LogP contribution in [0.15, 0.2) is 24.3 Å². The molecule has 0 fully saturated rings. The van der Waals surface area contributed by atoms with E-state index in [1.54, 1.807) is 6.07 Å². The van der Waals surface area contributed by atoms with Crippen LogP contribution in [-0.2, 0) is 12.3 Å². The second-order valence-electron chi connectivity index (χ2n) is 3.71. The highest BCUT2D eigenvalue weighted by Crippen LogP contribution is 2.19. The minimum atomic E-state index is -0.312. The van der Waals surface area contributed by atoms with E-state index < -0.39 is 0 Å². The van der Waals surface area contributed by atoms with E-state index in [0.717, 1.165) is 15.4 Å². The molecule has 0 heterocycles. The lowest BCUT2D eigenvalue weighted by atomic mass is 10.1. The average Bonchev–Trinajstić information content (AvgIpc) is 2.26. The van der Waals surface area contributed by atoms with Gasteiger partial charge in [-0.25, -0.2) is 0 Å². The molecule has 0 amide bonds. The molecular formula is C11H14N2O2S2. The monoisotopic (exact) mass is 270 g/mol. The fourth-order valence-corrected chi connectivity index (χ4v) is 2.26. The van der Waals surface area contributed by atoms with E-state index in [1.807, 2.05) is 37.2 Å². The summed E-state index contributed by atoms with van der Waals surface area (Å²) in [6, 6.07) is 7.40. The highest BCUT2D eigenvalue weighted by atomic mass is 32.2. The van der Waals surface area contributed by atoms with Crippen LogP contribution in [0.5, 0.6) is 0 Å². The van der Waals surface area contributed by atoms with Gasteiger partial charge in [0.05, 0.1) is 0 Å². The van der Waals surface area contributed by atoms with E-state index in [0.29, 0.717) is 5.75 Å². The molecular weight excluding hydrogens is 256 g/mol. The van der Waals surface area contributed by atoms with Crippen molar-refractivity contribution in [3.05, 3.63) is 45.5 Å². The summed E-state index contributed by atoms with van der Waals surface area (Å²) in [7, 11) is 3.77. The maximum absolute atomic E-state index is 10.5. The normalized spacial score (nSPS) is 10.0. The highest BCUT2D eigenvalue weighted by Gasteiger charge is 2.09. The molecule has 0 spiro atoms. The van der Waals surface area contributed by atoms with Crippen molar-refractivity contribution in [3.63, 3.8) is 0 Å². The molecule has 1 aromatic rings. The third-order valence-electron chi connectivity index (χ3n) is 2.13. The third kappa shape index (κ3) is 4.70. The Bertz CT molecular complexity index is 422. The molecule has 0 atom stereocenters. The number of thiocarbonyl (C=S) groups is 1. The second-order valence-corrected chi connectivity index (χ2v) is 5.32. The van der Waals surface area contributed by atoms with Crippen molar-refractivity contribution in [3.8, 4) is 0 Å². The van der Waals surface area contributed by atoms with Gasteiger partial charge in [-0.05, 0) is 5.56 Å². The first-order chi connectivity index (χ1) is 8.00. The van der Waals surface area contributed by atoms with Gasteiger partial charge in [0.1, 0.15) is 4.32 Å². The van der Waals surface area contributed by atoms with Crippen LogP contribution >= 0.6 is 24.0 Å². The van der Waals surface area contributed by atoms with Crippen molar-refractivity contribution >= 4 is 28.3 Å². The first-order valence-electron chi connectivity index (χ1n) is 5.03. The Morgan fingerprint density at radius 2 is 2.00 bits per heavy atom. The Kier molecular flexibility index (Phi) is 5.37. The Morgan fingerprint density at radius 1 is 1.41 bits per heavy atom. The summed E-state index contributed by atoms with van der Waals surface area (Å²) in [5.74, 6) is 0.668. The smallest absolute Gasteiger partial charge is 0.229 e. The fraction of sp³-hybridized carbons (Fsp3) is 0.364. The number of thioether (sulfide) groups is 1. The van der Waals surface area contributed by atoms with E-state index >= 15 is 0 Å². The average molecular weight is 270 g/mol. The van der Waals surface area contributed by atoms with Gasteiger partial charge in [-0.3, -0.25) is 10.1 Å². The topological polar surface area (TPSA) is 46.4 Å². The molecule has 0 aromatic heterocycles. The first kappa shape index (κ1) is 13.9. The summed E-state index contributed by atoms with van der Waals surface area (Å²) in [6.07, 6.45) is 0. The van der Waals surface area contributed by atoms with Crippen LogP contribution < -0.4 is 0 Å². The molecule has 1 aromatic carbocycles. The second kappa shape index (κ2) is 6.56. The summed E-state index contributed by atoms with van der Waals surface area (Å²) in [5.41, 5.74) is 1.73. The van der Waals surface area contributed by atoms with Gasteiger partial charge in [0.15, 0.2) is 0 Å². The van der Waals surface area contributed by atoms with Crippen molar-refractivity contribution in [1.82, 2.24) is 4.90 Å². The number of benzene rings is 1. The molecule has 0 aliphatic rings. The standard InChI is InChI=1S/C11H14N2O2S2/c1-12(2)11(16)17-8-10-6-4-3-5-9(10)7-13(14)15/h3-6H,7-8H2,1-2H3. The van der Waals surface area contributed by atoms with Gasteiger partial charge in [-0.15, -0.1) is 0 Å². The van der Waals surface area contributed by atoms with Crippen LogP contribution in [0.25, 0.3) is 0 Å². The number of hydrogen-bond acceptors (Lipinski definition) is 4. The van der Waals surface area contributed by atoms with Crippen molar-refractivity contribution in [2.24, 2.45) is 0 Å². The van der Waals surface area contributed by atoms with Crippen LogP contribution in [0.2, 0.25) is 0 Å². The zero-order valence-electron chi connectivity index (χ0n) is 9.75. The zero-order chi connectivity index (χ0) is 12.8. The van der Waals surface area contributed by atoms with Gasteiger partial charge in [-0.2, -0.15) is 0 Å². The zero-order valence-corrected chi connectivity index (χ0v) is 11.4. The summed E-state index contributed by atoms with van der Waals surface area (Å²) >= 11 is 6.68. The lowest BCUT2D eigenvalue weighted by molar-refractivity contribution is -0.496. The van der Waals surface area contributed by atoms with Crippen molar-refractivity contribution in [2.75, 3.05) is 14.1 Å². The lowest BCUT2D eigenvalue weighted by Crippen LogP contribution is -2.16. The molecule has 6 heteroatoms. The molecule has 0 N–H and O–H groups in total. The van der Waals surface area contributed by atoms with Crippen LogP contribution in [-0.4, -0.2) is 28.2 Å². The summed E-state index contributed by atoms with van der Waals surface area (Å²) in [6.45, 7) is -0.133. The van der Waals surface area contributed by atoms with Crippen LogP contribution in [0.1, 0.15) is 11.1 Å². The molecule has 0 radical (unpaired) electrons. The largest absolute Gasteiger partial charge is 0.364 e. The minimum Gasteiger partial charge on any atom is -0.364 e. The minimum absolute atomic E-state index is 0.133. The number of rotatable bonds is 4. The molecule has 0 saturated heterocycles. The number of nitro groups is 1. The van der Waals surface area contributed by atoms with Gasteiger partial charge >= 0.3 is 0 Å². The van der Waals surface area contributed by atoms with Crippen molar-refractivity contribution < 1.29 is 4.92 Å². The van der Waals surface area contributed by atoms with Gasteiger partial charge in [0, 0.05) is 30.3 Å². The Morgan fingerprint density at radius 3 is 2.53 bits per heavy atom. The molecule has 17 heavy (non-hydrogen) atoms. The molecule has 0 aliphatic heterocycles. The Balaban J connectivity index is 2.70. The summed E-state index contributed by atoms with van der Waals surface area (Å²) in [4.78, 5) is 12.1. The predicted octanol–water partition coefficient (Wildman–Crippen LogP) is 2.54.